The highest BCUT2D eigenvalue weighted by molar-refractivity contribution is 8.01. The molecule has 1 aromatic heterocycles. The summed E-state index contributed by atoms with van der Waals surface area (Å²) >= 11 is 2.69. The molecule has 1 amide bonds. The summed E-state index contributed by atoms with van der Waals surface area (Å²) in [5, 5.41) is 9.63. The molecule has 0 aliphatic carbocycles. The lowest BCUT2D eigenvalue weighted by atomic mass is 10.1. The van der Waals surface area contributed by atoms with Gasteiger partial charge in [0.1, 0.15) is 0 Å². The minimum absolute atomic E-state index is 0.0158. The van der Waals surface area contributed by atoms with Crippen molar-refractivity contribution in [2.24, 2.45) is 5.14 Å². The van der Waals surface area contributed by atoms with E-state index in [1.807, 2.05) is 0 Å². The number of amides is 1. The molecule has 1 aliphatic heterocycles. The van der Waals surface area contributed by atoms with Gasteiger partial charge in [-0.1, -0.05) is 23.9 Å². The van der Waals surface area contributed by atoms with Crippen LogP contribution in [-0.4, -0.2) is 37.6 Å². The number of benzene rings is 2. The van der Waals surface area contributed by atoms with Gasteiger partial charge in [-0.3, -0.25) is 9.59 Å². The van der Waals surface area contributed by atoms with Crippen molar-refractivity contribution in [2.75, 3.05) is 12.5 Å². The number of aromatic nitrogens is 1. The number of hydrogen-bond acceptors (Lipinski definition) is 9. The highest BCUT2D eigenvalue weighted by Gasteiger charge is 2.17. The van der Waals surface area contributed by atoms with Crippen molar-refractivity contribution < 1.29 is 27.5 Å². The lowest BCUT2D eigenvalue weighted by Crippen LogP contribution is -2.24. The van der Waals surface area contributed by atoms with Crippen molar-refractivity contribution in [3.05, 3.63) is 64.7 Å². The van der Waals surface area contributed by atoms with Crippen LogP contribution >= 0.6 is 23.1 Å². The Morgan fingerprint density at radius 1 is 1.12 bits per heavy atom. The summed E-state index contributed by atoms with van der Waals surface area (Å²) in [5.41, 5.74) is 1.90. The number of primary sulfonamides is 1. The molecule has 3 N–H and O–H groups in total. The van der Waals surface area contributed by atoms with Gasteiger partial charge in [-0.2, -0.15) is 0 Å². The number of nitrogens with zero attached hydrogens (tertiary/aromatic N) is 1. The average Bonchev–Trinajstić information content (AvgIpc) is 3.44. The largest absolute Gasteiger partial charge is 0.454 e. The Labute approximate surface area is 198 Å². The fourth-order valence-corrected chi connectivity index (χ4v) is 5.20. The average molecular weight is 506 g/mol. The Morgan fingerprint density at radius 3 is 2.64 bits per heavy atom. The van der Waals surface area contributed by atoms with Gasteiger partial charge in [-0.15, -0.1) is 11.3 Å². The maximum absolute atomic E-state index is 12.5. The number of nitrogens with one attached hydrogen (secondary N) is 1. The monoisotopic (exact) mass is 505 g/mol. The highest BCUT2D eigenvalue weighted by atomic mass is 32.2. The molecule has 0 bridgehead atoms. The van der Waals surface area contributed by atoms with Crippen molar-refractivity contribution >= 4 is 44.8 Å². The first-order chi connectivity index (χ1) is 15.8. The molecule has 0 spiro atoms. The second kappa shape index (κ2) is 9.91. The topological polar surface area (TPSA) is 138 Å². The lowest BCUT2D eigenvalue weighted by molar-refractivity contribution is -0.120. The number of carbonyl (C=O) groups is 2. The Kier molecular flexibility index (Phi) is 6.98. The summed E-state index contributed by atoms with van der Waals surface area (Å²) in [7, 11) is -3.75. The van der Waals surface area contributed by atoms with Gasteiger partial charge in [-0.25, -0.2) is 18.5 Å². The van der Waals surface area contributed by atoms with Gasteiger partial charge in [0, 0.05) is 17.5 Å². The van der Waals surface area contributed by atoms with Crippen molar-refractivity contribution in [3.8, 4) is 11.5 Å². The van der Waals surface area contributed by atoms with Crippen molar-refractivity contribution in [1.82, 2.24) is 10.3 Å². The molecule has 0 atom stereocenters. The first-order valence-corrected chi connectivity index (χ1v) is 13.1. The summed E-state index contributed by atoms with van der Waals surface area (Å²) in [6, 6.07) is 11.1. The maximum Gasteiger partial charge on any atom is 0.238 e. The molecule has 0 saturated heterocycles. The van der Waals surface area contributed by atoms with Crippen molar-refractivity contribution in [2.45, 2.75) is 22.2 Å². The van der Waals surface area contributed by atoms with Crippen LogP contribution in [0, 0.1) is 0 Å². The Hall–Kier alpha value is -2.93. The zero-order valence-corrected chi connectivity index (χ0v) is 19.6. The molecular weight excluding hydrogens is 486 g/mol. The zero-order valence-electron chi connectivity index (χ0n) is 17.1. The normalized spacial score (nSPS) is 12.5. The lowest BCUT2D eigenvalue weighted by Gasteiger charge is -2.05. The van der Waals surface area contributed by atoms with Gasteiger partial charge in [0.2, 0.25) is 22.7 Å². The molecule has 172 valence electrons. The van der Waals surface area contributed by atoms with Crippen LogP contribution in [0.5, 0.6) is 11.5 Å². The number of ether oxygens (including phenoxy) is 2. The number of fused-ring (bicyclic) bond motifs is 1. The first-order valence-electron chi connectivity index (χ1n) is 9.66. The van der Waals surface area contributed by atoms with E-state index in [1.165, 1.54) is 35.2 Å². The van der Waals surface area contributed by atoms with E-state index >= 15 is 0 Å². The van der Waals surface area contributed by atoms with Crippen molar-refractivity contribution in [3.63, 3.8) is 0 Å². The molecule has 0 saturated carbocycles. The SMILES string of the molecule is NS(=O)(=O)c1ccc(CNC(=O)Cc2csc(SCC(=O)c3ccc4c(c3)OCO4)n2)cc1. The van der Waals surface area contributed by atoms with Crippen LogP contribution in [0.25, 0.3) is 0 Å². The molecule has 1 aliphatic rings. The molecule has 9 nitrogen and oxygen atoms in total. The van der Waals surface area contributed by atoms with Gasteiger partial charge in [-0.05, 0) is 35.9 Å². The number of Topliss-reactive ketones (excluding diaryl/α,β-unsaturated/α-hetero) is 1. The van der Waals surface area contributed by atoms with Crippen LogP contribution < -0.4 is 19.9 Å². The highest BCUT2D eigenvalue weighted by Crippen LogP contribution is 2.33. The number of ketones is 1. The van der Waals surface area contributed by atoms with Gasteiger partial charge in [0.15, 0.2) is 21.6 Å². The van der Waals surface area contributed by atoms with Crippen molar-refractivity contribution in [1.29, 1.82) is 0 Å². The minimum Gasteiger partial charge on any atom is -0.454 e. The molecular formula is C21H19N3O6S3. The number of hydrogen-bond donors (Lipinski definition) is 2. The van der Waals surface area contributed by atoms with Crippen LogP contribution in [0.15, 0.2) is 57.1 Å². The molecule has 33 heavy (non-hydrogen) atoms. The number of thiazole rings is 1. The molecule has 12 heteroatoms. The summed E-state index contributed by atoms with van der Waals surface area (Å²) in [5.74, 6) is 1.13. The van der Waals surface area contributed by atoms with Gasteiger partial charge in [0.05, 0.1) is 22.8 Å². The van der Waals surface area contributed by atoms with E-state index in [0.717, 1.165) is 5.56 Å². The number of nitrogens with two attached hydrogens (primary N) is 1. The fraction of sp³-hybridized carbons (Fsp3) is 0.190. The van der Waals surface area contributed by atoms with Crippen LogP contribution in [-0.2, 0) is 27.8 Å². The third-order valence-corrected chi connectivity index (χ3v) is 7.63. The molecule has 0 unspecified atom stereocenters. The van der Waals surface area contributed by atoms with E-state index in [-0.39, 0.29) is 42.1 Å². The number of thioether (sulfide) groups is 1. The van der Waals surface area contributed by atoms with Gasteiger partial charge >= 0.3 is 0 Å². The second-order valence-electron chi connectivity index (χ2n) is 7.03. The number of rotatable bonds is 9. The quantitative estimate of drug-likeness (QED) is 0.334. The summed E-state index contributed by atoms with van der Waals surface area (Å²) in [6.45, 7) is 0.404. The van der Waals surface area contributed by atoms with E-state index in [1.54, 1.807) is 35.7 Å². The van der Waals surface area contributed by atoms with E-state index in [0.29, 0.717) is 27.1 Å². The fourth-order valence-electron chi connectivity index (χ4n) is 2.94. The third-order valence-electron chi connectivity index (χ3n) is 4.64. The second-order valence-corrected chi connectivity index (χ2v) is 10.7. The predicted octanol–water partition coefficient (Wildman–Crippen LogP) is 2.35. The van der Waals surface area contributed by atoms with Crippen LogP contribution in [0.1, 0.15) is 21.6 Å². The number of sulfonamides is 1. The number of carbonyl (C=O) groups excluding carboxylic acids is 2. The molecule has 4 rings (SSSR count). The van der Waals surface area contributed by atoms with E-state index in [9.17, 15) is 18.0 Å². The third kappa shape index (κ3) is 6.11. The standard InChI is InChI=1S/C21H19N3O6S3/c22-33(27,28)16-4-1-13(2-5-16)9-23-20(26)8-15-10-31-21(24-15)32-11-17(25)14-3-6-18-19(7-14)30-12-29-18/h1-7,10H,8-9,11-12H2,(H,23,26)(H2,22,27,28). The molecule has 3 aromatic rings. The molecule has 2 aromatic carbocycles. The van der Waals surface area contributed by atoms with Gasteiger partial charge < -0.3 is 14.8 Å². The smallest absolute Gasteiger partial charge is 0.238 e. The van der Waals surface area contributed by atoms with Crippen LogP contribution in [0.4, 0.5) is 0 Å². The van der Waals surface area contributed by atoms with E-state index < -0.39 is 10.0 Å². The Morgan fingerprint density at radius 2 is 1.88 bits per heavy atom. The minimum atomic E-state index is -3.75. The molecule has 0 radical (unpaired) electrons. The summed E-state index contributed by atoms with van der Waals surface area (Å²) < 4.78 is 33.8. The Bertz CT molecular complexity index is 1290. The maximum atomic E-state index is 12.5. The zero-order chi connectivity index (χ0) is 23.4. The van der Waals surface area contributed by atoms with E-state index in [4.69, 9.17) is 14.6 Å². The molecule has 0 fully saturated rings. The van der Waals surface area contributed by atoms with E-state index in [2.05, 4.69) is 10.3 Å². The summed E-state index contributed by atoms with van der Waals surface area (Å²) in [6.07, 6.45) is 0.0996. The predicted molar refractivity (Wildman–Crippen MR) is 123 cm³/mol. The van der Waals surface area contributed by atoms with Gasteiger partial charge in [0.25, 0.3) is 0 Å². The van der Waals surface area contributed by atoms with Crippen LogP contribution in [0.3, 0.4) is 0 Å². The summed E-state index contributed by atoms with van der Waals surface area (Å²) in [4.78, 5) is 29.1. The first kappa shape index (κ1) is 23.2. The van der Waals surface area contributed by atoms with Crippen LogP contribution in [0.2, 0.25) is 0 Å². The Balaban J connectivity index is 1.24. The molecule has 2 heterocycles.